The Balaban J connectivity index is 1.83. The fourth-order valence-corrected chi connectivity index (χ4v) is 9.60. The van der Waals surface area contributed by atoms with Crippen molar-refractivity contribution >= 4 is 17.7 Å². The number of ether oxygens (including phenoxy) is 1. The lowest BCUT2D eigenvalue weighted by molar-refractivity contribution is -0.223. The average molecular weight is 515 g/mol. The number of ketones is 1. The highest BCUT2D eigenvalue weighted by atomic mass is 16.5. The van der Waals surface area contributed by atoms with E-state index >= 15 is 0 Å². The van der Waals surface area contributed by atoms with Crippen molar-refractivity contribution < 1.29 is 29.3 Å². The Labute approximate surface area is 221 Å². The number of esters is 1. The number of rotatable bonds is 5. The summed E-state index contributed by atoms with van der Waals surface area (Å²) in [5.41, 5.74) is 1.42. The van der Waals surface area contributed by atoms with Gasteiger partial charge in [-0.25, -0.2) is 4.79 Å². The van der Waals surface area contributed by atoms with Crippen LogP contribution in [0.15, 0.2) is 22.8 Å². The summed E-state index contributed by atoms with van der Waals surface area (Å²) >= 11 is 0. The van der Waals surface area contributed by atoms with Gasteiger partial charge in [0.15, 0.2) is 0 Å². The molecule has 4 saturated carbocycles. The minimum absolute atomic E-state index is 0.00236. The van der Waals surface area contributed by atoms with E-state index in [9.17, 15) is 24.6 Å². The zero-order valence-electron chi connectivity index (χ0n) is 23.7. The third-order valence-electron chi connectivity index (χ3n) is 11.4. The Bertz CT molecular complexity index is 1040. The molecule has 4 rings (SSSR count). The van der Waals surface area contributed by atoms with Crippen LogP contribution in [0.25, 0.3) is 0 Å². The van der Waals surface area contributed by atoms with Crippen LogP contribution in [0.4, 0.5) is 0 Å². The molecule has 37 heavy (non-hydrogen) atoms. The molecule has 4 aliphatic carbocycles. The van der Waals surface area contributed by atoms with Gasteiger partial charge in [0.25, 0.3) is 0 Å². The van der Waals surface area contributed by atoms with Crippen molar-refractivity contribution in [1.29, 1.82) is 0 Å². The molecule has 0 heterocycles. The van der Waals surface area contributed by atoms with Gasteiger partial charge in [-0.05, 0) is 98.4 Å². The summed E-state index contributed by atoms with van der Waals surface area (Å²) < 4.78 is 5.86. The number of Topliss-reactive ketones (excluding diaryl/α,β-unsaturated/α-hetero) is 1. The smallest absolute Gasteiger partial charge is 0.331 e. The van der Waals surface area contributed by atoms with Gasteiger partial charge in [0.05, 0.1) is 6.10 Å². The maximum absolute atomic E-state index is 12.6. The summed E-state index contributed by atoms with van der Waals surface area (Å²) in [5, 5.41) is 22.2. The molecule has 0 aromatic rings. The fraction of sp³-hybridized carbons (Fsp3) is 0.774. The van der Waals surface area contributed by atoms with Crippen molar-refractivity contribution in [2.45, 2.75) is 112 Å². The van der Waals surface area contributed by atoms with Gasteiger partial charge in [-0.3, -0.25) is 9.59 Å². The predicted molar refractivity (Wildman–Crippen MR) is 142 cm³/mol. The molecule has 206 valence electrons. The largest absolute Gasteiger partial charge is 0.478 e. The van der Waals surface area contributed by atoms with Gasteiger partial charge < -0.3 is 14.9 Å². The van der Waals surface area contributed by atoms with Crippen LogP contribution in [0, 0.1) is 39.9 Å². The lowest BCUT2D eigenvalue weighted by Crippen LogP contribution is -2.65. The van der Waals surface area contributed by atoms with Crippen molar-refractivity contribution in [2.24, 2.45) is 39.9 Å². The van der Waals surface area contributed by atoms with Crippen LogP contribution in [0.1, 0.15) is 99.8 Å². The van der Waals surface area contributed by atoms with E-state index in [-0.39, 0.29) is 39.9 Å². The summed E-state index contributed by atoms with van der Waals surface area (Å²) in [6, 6.07) is 0. The van der Waals surface area contributed by atoms with Crippen LogP contribution in [0.5, 0.6) is 0 Å². The summed E-state index contributed by atoms with van der Waals surface area (Å²) in [7, 11) is 0. The Hall–Kier alpha value is -1.95. The van der Waals surface area contributed by atoms with Gasteiger partial charge in [0.2, 0.25) is 0 Å². The number of carboxylic acid groups (broad SMARTS) is 1. The predicted octanol–water partition coefficient (Wildman–Crippen LogP) is 5.87. The van der Waals surface area contributed by atoms with Gasteiger partial charge in [-0.1, -0.05) is 39.3 Å². The molecule has 4 fully saturated rings. The Kier molecular flexibility index (Phi) is 7.33. The second-order valence-electron chi connectivity index (χ2n) is 13.4. The molecule has 0 aliphatic heterocycles. The molecule has 0 saturated heterocycles. The summed E-state index contributed by atoms with van der Waals surface area (Å²) in [6.07, 6.45) is 6.01. The fourth-order valence-electron chi connectivity index (χ4n) is 9.60. The quantitative estimate of drug-likeness (QED) is 0.270. The average Bonchev–Trinajstić information content (AvgIpc) is 3.05. The highest BCUT2D eigenvalue weighted by molar-refractivity contribution is 5.88. The van der Waals surface area contributed by atoms with Crippen LogP contribution in [-0.4, -0.2) is 40.1 Å². The number of allylic oxidation sites excluding steroid dienone is 2. The molecular formula is C31H46O6. The zero-order chi connectivity index (χ0) is 27.5. The number of fused-ring (bicyclic) bond motifs is 5. The van der Waals surface area contributed by atoms with E-state index in [1.807, 2.05) is 19.9 Å². The molecule has 0 bridgehead atoms. The van der Waals surface area contributed by atoms with Crippen LogP contribution < -0.4 is 0 Å². The zero-order valence-corrected chi connectivity index (χ0v) is 23.7. The maximum Gasteiger partial charge on any atom is 0.331 e. The number of carbonyl (C=O) groups is 3. The van der Waals surface area contributed by atoms with Crippen LogP contribution in [0.3, 0.4) is 0 Å². The lowest BCUT2D eigenvalue weighted by Gasteiger charge is -2.68. The Morgan fingerprint density at radius 1 is 1.11 bits per heavy atom. The molecule has 2 N–H and O–H groups in total. The monoisotopic (exact) mass is 514 g/mol. The van der Waals surface area contributed by atoms with E-state index in [1.165, 1.54) is 6.92 Å². The number of carbonyl (C=O) groups excluding carboxylic acids is 2. The Morgan fingerprint density at radius 2 is 1.78 bits per heavy atom. The molecule has 4 aliphatic rings. The van der Waals surface area contributed by atoms with E-state index in [0.717, 1.165) is 24.8 Å². The maximum atomic E-state index is 12.6. The lowest BCUT2D eigenvalue weighted by atomic mass is 9.36. The van der Waals surface area contributed by atoms with E-state index in [2.05, 4.69) is 27.7 Å². The van der Waals surface area contributed by atoms with Crippen molar-refractivity contribution in [2.75, 3.05) is 0 Å². The minimum atomic E-state index is -0.962. The second kappa shape index (κ2) is 9.66. The molecule has 0 amide bonds. The molecule has 6 heteroatoms. The Morgan fingerprint density at radius 3 is 2.38 bits per heavy atom. The van der Waals surface area contributed by atoms with Crippen molar-refractivity contribution in [3.8, 4) is 0 Å². The first-order valence-electron chi connectivity index (χ1n) is 14.1. The van der Waals surface area contributed by atoms with E-state index in [0.29, 0.717) is 49.0 Å². The van der Waals surface area contributed by atoms with E-state index in [4.69, 9.17) is 4.74 Å². The molecule has 6 nitrogen and oxygen atoms in total. The van der Waals surface area contributed by atoms with E-state index < -0.39 is 24.1 Å². The second-order valence-corrected chi connectivity index (χ2v) is 13.4. The summed E-state index contributed by atoms with van der Waals surface area (Å²) in [5.74, 6) is -0.945. The van der Waals surface area contributed by atoms with Crippen molar-refractivity contribution in [3.63, 3.8) is 0 Å². The van der Waals surface area contributed by atoms with Gasteiger partial charge in [0.1, 0.15) is 11.9 Å². The van der Waals surface area contributed by atoms with Crippen molar-refractivity contribution in [3.05, 3.63) is 22.8 Å². The van der Waals surface area contributed by atoms with Crippen LogP contribution in [-0.2, 0) is 19.1 Å². The van der Waals surface area contributed by atoms with E-state index in [1.54, 1.807) is 0 Å². The molecule has 9 atom stereocenters. The molecule has 0 spiro atoms. The number of aliphatic hydroxyl groups excluding tert-OH is 1. The number of aliphatic carboxylic acids is 1. The topological polar surface area (TPSA) is 101 Å². The number of hydrogen-bond donors (Lipinski definition) is 2. The normalized spacial score (nSPS) is 44.3. The SMILES string of the molecule is CC(=O)O[C@H]1C[C@@]2(C)[C@@H](C[C@@H](O)[C@H]3[C@@]4(C)CCC(=O)[C@H](C)[C@@H]4CC[C@@]32C)C1=C(CCC=C(C)C)C(=O)O. The van der Waals surface area contributed by atoms with Gasteiger partial charge >= 0.3 is 11.9 Å². The first-order chi connectivity index (χ1) is 17.2. The molecule has 0 radical (unpaired) electrons. The number of aliphatic hydroxyl groups is 1. The third-order valence-corrected chi connectivity index (χ3v) is 11.4. The van der Waals surface area contributed by atoms with Crippen molar-refractivity contribution in [1.82, 2.24) is 0 Å². The first kappa shape index (κ1) is 28.1. The molecule has 0 unspecified atom stereocenters. The van der Waals surface area contributed by atoms with Gasteiger partial charge in [-0.2, -0.15) is 0 Å². The first-order valence-corrected chi connectivity index (χ1v) is 14.1. The molecular weight excluding hydrogens is 468 g/mol. The standard InChI is InChI=1S/C31H46O6/c1-17(2)9-8-10-20(28(35)36)26-22-15-24(34)27-29(5)13-12-23(33)18(3)21(29)11-14-30(27,6)31(22,7)16-25(26)37-19(4)32/h9,18,21-22,24-25,27,34H,8,10-16H2,1-7H3,(H,35,36)/t18-,21+,22+,24-,25+,27+,29+,30+,31+/m1/s1. The van der Waals surface area contributed by atoms with Gasteiger partial charge in [-0.15, -0.1) is 0 Å². The summed E-state index contributed by atoms with van der Waals surface area (Å²) in [6.45, 7) is 14.3. The summed E-state index contributed by atoms with van der Waals surface area (Å²) in [4.78, 5) is 37.4. The highest BCUT2D eigenvalue weighted by Gasteiger charge is 2.70. The third kappa shape index (κ3) is 4.31. The molecule has 0 aromatic heterocycles. The van der Waals surface area contributed by atoms with Gasteiger partial charge in [0, 0.05) is 24.8 Å². The minimum Gasteiger partial charge on any atom is -0.478 e. The van der Waals surface area contributed by atoms with Crippen LogP contribution >= 0.6 is 0 Å². The highest BCUT2D eigenvalue weighted by Crippen LogP contribution is 2.74. The number of carboxylic acids is 1. The number of hydrogen-bond acceptors (Lipinski definition) is 5. The van der Waals surface area contributed by atoms with Crippen LogP contribution in [0.2, 0.25) is 0 Å². The molecule has 0 aromatic carbocycles.